The van der Waals surface area contributed by atoms with Crippen LogP contribution in [0.4, 0.5) is 0 Å². The van der Waals surface area contributed by atoms with Crippen LogP contribution in [0.5, 0.6) is 0 Å². The SMILES string of the molecule is Cc1ccc(S(=O)(=O)N2CCN(C(C)C(=O)NC(C)c3ccccc3)CC2)s1. The average Bonchev–Trinajstić information content (AvgIpc) is 3.15. The van der Waals surface area contributed by atoms with Crippen molar-refractivity contribution in [2.45, 2.75) is 37.1 Å². The molecule has 1 aromatic heterocycles. The average molecular weight is 422 g/mol. The molecule has 2 heterocycles. The lowest BCUT2D eigenvalue weighted by Crippen LogP contribution is -2.55. The number of nitrogens with zero attached hydrogens (tertiary/aromatic N) is 2. The summed E-state index contributed by atoms with van der Waals surface area (Å²) in [6.07, 6.45) is 0. The van der Waals surface area contributed by atoms with Gasteiger partial charge in [-0.3, -0.25) is 9.69 Å². The summed E-state index contributed by atoms with van der Waals surface area (Å²) in [5, 5.41) is 3.05. The van der Waals surface area contributed by atoms with Gasteiger partial charge in [0.2, 0.25) is 5.91 Å². The van der Waals surface area contributed by atoms with Gasteiger partial charge in [-0.1, -0.05) is 30.3 Å². The highest BCUT2D eigenvalue weighted by atomic mass is 32.2. The summed E-state index contributed by atoms with van der Waals surface area (Å²) in [6, 6.07) is 13.0. The molecule has 28 heavy (non-hydrogen) atoms. The smallest absolute Gasteiger partial charge is 0.252 e. The van der Waals surface area contributed by atoms with Crippen molar-refractivity contribution in [3.63, 3.8) is 0 Å². The van der Waals surface area contributed by atoms with E-state index >= 15 is 0 Å². The molecular formula is C20H27N3O3S2. The summed E-state index contributed by atoms with van der Waals surface area (Å²) in [6.45, 7) is 7.61. The van der Waals surface area contributed by atoms with Crippen molar-refractivity contribution < 1.29 is 13.2 Å². The van der Waals surface area contributed by atoms with E-state index in [1.807, 2.05) is 62.1 Å². The molecule has 0 bridgehead atoms. The van der Waals surface area contributed by atoms with Gasteiger partial charge < -0.3 is 5.32 Å². The molecule has 2 unspecified atom stereocenters. The van der Waals surface area contributed by atoms with E-state index in [9.17, 15) is 13.2 Å². The standard InChI is InChI=1S/C20H27N3O3S2/c1-15-9-10-19(27-15)28(25,26)23-13-11-22(12-14-23)17(3)20(24)21-16(2)18-7-5-4-6-8-18/h4-10,16-17H,11-14H2,1-3H3,(H,21,24). The summed E-state index contributed by atoms with van der Waals surface area (Å²) in [4.78, 5) is 15.7. The molecule has 1 aliphatic rings. The minimum atomic E-state index is -3.44. The summed E-state index contributed by atoms with van der Waals surface area (Å²) in [5.74, 6) is -0.0402. The van der Waals surface area contributed by atoms with Crippen LogP contribution in [0.3, 0.4) is 0 Å². The molecule has 1 aromatic carbocycles. The van der Waals surface area contributed by atoms with Gasteiger partial charge in [-0.05, 0) is 38.5 Å². The maximum absolute atomic E-state index is 12.8. The number of nitrogens with one attached hydrogen (secondary N) is 1. The van der Waals surface area contributed by atoms with E-state index in [-0.39, 0.29) is 18.0 Å². The second kappa shape index (κ2) is 8.73. The van der Waals surface area contributed by atoms with Crippen molar-refractivity contribution in [1.82, 2.24) is 14.5 Å². The molecule has 2 atom stereocenters. The van der Waals surface area contributed by atoms with Gasteiger partial charge in [0.1, 0.15) is 4.21 Å². The number of thiophene rings is 1. The Kier molecular flexibility index (Phi) is 6.54. The van der Waals surface area contributed by atoms with Gasteiger partial charge >= 0.3 is 0 Å². The molecule has 1 amide bonds. The first-order valence-electron chi connectivity index (χ1n) is 9.45. The largest absolute Gasteiger partial charge is 0.348 e. The van der Waals surface area contributed by atoms with E-state index in [0.717, 1.165) is 10.4 Å². The summed E-state index contributed by atoms with van der Waals surface area (Å²) in [5.41, 5.74) is 1.06. The third kappa shape index (κ3) is 4.63. The number of sulfonamides is 1. The Morgan fingerprint density at radius 1 is 1.04 bits per heavy atom. The highest BCUT2D eigenvalue weighted by Crippen LogP contribution is 2.25. The van der Waals surface area contributed by atoms with Gasteiger partial charge in [0.15, 0.2) is 0 Å². The second-order valence-corrected chi connectivity index (χ2v) is 10.6. The molecule has 0 aliphatic carbocycles. The van der Waals surface area contributed by atoms with Crippen LogP contribution < -0.4 is 5.32 Å². The second-order valence-electron chi connectivity index (χ2n) is 7.12. The molecule has 1 fully saturated rings. The molecule has 1 N–H and O–H groups in total. The van der Waals surface area contributed by atoms with Gasteiger partial charge in [-0.25, -0.2) is 8.42 Å². The number of hydrogen-bond acceptors (Lipinski definition) is 5. The van der Waals surface area contributed by atoms with E-state index in [0.29, 0.717) is 30.4 Å². The minimum Gasteiger partial charge on any atom is -0.348 e. The number of aryl methyl sites for hydroxylation is 1. The van der Waals surface area contributed by atoms with Gasteiger partial charge in [0, 0.05) is 31.1 Å². The zero-order valence-electron chi connectivity index (χ0n) is 16.5. The monoisotopic (exact) mass is 421 g/mol. The number of amides is 1. The first-order chi connectivity index (χ1) is 13.3. The first-order valence-corrected chi connectivity index (χ1v) is 11.7. The summed E-state index contributed by atoms with van der Waals surface area (Å²) < 4.78 is 27.4. The van der Waals surface area contributed by atoms with Crippen LogP contribution in [0.2, 0.25) is 0 Å². The number of carbonyl (C=O) groups is 1. The maximum atomic E-state index is 12.8. The van der Waals surface area contributed by atoms with E-state index in [1.165, 1.54) is 15.6 Å². The molecule has 0 saturated carbocycles. The third-order valence-corrected chi connectivity index (χ3v) is 8.54. The zero-order valence-corrected chi connectivity index (χ0v) is 18.1. The molecule has 3 rings (SSSR count). The Morgan fingerprint density at radius 2 is 1.68 bits per heavy atom. The maximum Gasteiger partial charge on any atom is 0.252 e. The minimum absolute atomic E-state index is 0.0402. The highest BCUT2D eigenvalue weighted by molar-refractivity contribution is 7.91. The Balaban J connectivity index is 1.56. The van der Waals surface area contributed by atoms with Gasteiger partial charge in [0.05, 0.1) is 12.1 Å². The Hall–Kier alpha value is -1.74. The van der Waals surface area contributed by atoms with Crippen LogP contribution >= 0.6 is 11.3 Å². The number of benzene rings is 1. The van der Waals surface area contributed by atoms with Crippen molar-refractivity contribution in [2.24, 2.45) is 0 Å². The van der Waals surface area contributed by atoms with Crippen molar-refractivity contribution in [2.75, 3.05) is 26.2 Å². The first kappa shape index (κ1) is 21.0. The normalized spacial score (nSPS) is 18.5. The molecular weight excluding hydrogens is 394 g/mol. The summed E-state index contributed by atoms with van der Waals surface area (Å²) >= 11 is 1.30. The van der Waals surface area contributed by atoms with Crippen LogP contribution in [0.25, 0.3) is 0 Å². The van der Waals surface area contributed by atoms with Crippen LogP contribution in [0, 0.1) is 6.92 Å². The fourth-order valence-corrected chi connectivity index (χ4v) is 6.19. The highest BCUT2D eigenvalue weighted by Gasteiger charge is 2.32. The van der Waals surface area contributed by atoms with E-state index in [2.05, 4.69) is 5.32 Å². The molecule has 6 nitrogen and oxygen atoms in total. The van der Waals surface area contributed by atoms with Crippen LogP contribution in [-0.4, -0.2) is 55.8 Å². The molecule has 152 valence electrons. The lowest BCUT2D eigenvalue weighted by Gasteiger charge is -2.36. The Bertz CT molecular complexity index is 904. The third-order valence-electron chi connectivity index (χ3n) is 5.17. The summed E-state index contributed by atoms with van der Waals surface area (Å²) in [7, 11) is -3.44. The van der Waals surface area contributed by atoms with E-state index in [4.69, 9.17) is 0 Å². The van der Waals surface area contributed by atoms with Gasteiger partial charge in [-0.2, -0.15) is 4.31 Å². The topological polar surface area (TPSA) is 69.7 Å². The van der Waals surface area contributed by atoms with Crippen LogP contribution in [0.1, 0.15) is 30.3 Å². The number of piperazine rings is 1. The van der Waals surface area contributed by atoms with Gasteiger partial charge in [0.25, 0.3) is 10.0 Å². The van der Waals surface area contributed by atoms with Crippen molar-refractivity contribution in [1.29, 1.82) is 0 Å². The predicted octanol–water partition coefficient (Wildman–Crippen LogP) is 2.63. The fraction of sp³-hybridized carbons (Fsp3) is 0.450. The predicted molar refractivity (Wildman–Crippen MR) is 112 cm³/mol. The number of hydrogen-bond donors (Lipinski definition) is 1. The van der Waals surface area contributed by atoms with E-state index in [1.54, 1.807) is 6.07 Å². The van der Waals surface area contributed by atoms with E-state index < -0.39 is 10.0 Å². The fourth-order valence-electron chi connectivity index (χ4n) is 3.33. The van der Waals surface area contributed by atoms with Gasteiger partial charge in [-0.15, -0.1) is 11.3 Å². The molecule has 2 aromatic rings. The lowest BCUT2D eigenvalue weighted by molar-refractivity contribution is -0.127. The number of carbonyl (C=O) groups excluding carboxylic acids is 1. The number of rotatable bonds is 6. The van der Waals surface area contributed by atoms with Crippen molar-refractivity contribution >= 4 is 27.3 Å². The molecule has 1 aliphatic heterocycles. The quantitative estimate of drug-likeness (QED) is 0.779. The van der Waals surface area contributed by atoms with Crippen molar-refractivity contribution in [3.05, 3.63) is 52.9 Å². The Labute approximate surface area is 171 Å². The lowest BCUT2D eigenvalue weighted by atomic mass is 10.1. The molecule has 0 radical (unpaired) electrons. The van der Waals surface area contributed by atoms with Crippen LogP contribution in [-0.2, 0) is 14.8 Å². The molecule has 1 saturated heterocycles. The zero-order chi connectivity index (χ0) is 20.3. The molecule has 0 spiro atoms. The van der Waals surface area contributed by atoms with Crippen molar-refractivity contribution in [3.8, 4) is 0 Å². The Morgan fingerprint density at radius 3 is 2.25 bits per heavy atom. The molecule has 8 heteroatoms. The van der Waals surface area contributed by atoms with Crippen LogP contribution in [0.15, 0.2) is 46.7 Å².